The Bertz CT molecular complexity index is 661. The molecule has 0 aliphatic rings. The number of carbonyl (C=O) groups excluding carboxylic acids is 2. The summed E-state index contributed by atoms with van der Waals surface area (Å²) in [5.74, 6) is -0.585. The molecule has 0 fully saturated rings. The molecule has 2 amide bonds. The summed E-state index contributed by atoms with van der Waals surface area (Å²) in [4.78, 5) is 21.9. The molecule has 0 bridgehead atoms. The summed E-state index contributed by atoms with van der Waals surface area (Å²) in [6, 6.07) is 6.99. The number of carbonyl (C=O) groups is 2. The summed E-state index contributed by atoms with van der Waals surface area (Å²) in [5.41, 5.74) is 5.61. The molecule has 1 aromatic heterocycles. The number of primary amides is 1. The van der Waals surface area contributed by atoms with E-state index in [-0.39, 0.29) is 23.4 Å². The maximum Gasteiger partial charge on any atom is 0.277 e. The van der Waals surface area contributed by atoms with Crippen molar-refractivity contribution in [3.63, 3.8) is 0 Å². The number of hydrogen-bond acceptors (Lipinski definition) is 6. The molecule has 0 aliphatic carbocycles. The van der Waals surface area contributed by atoms with Crippen molar-refractivity contribution in [2.24, 2.45) is 5.73 Å². The van der Waals surface area contributed by atoms with Gasteiger partial charge in [-0.05, 0) is 18.2 Å². The minimum absolute atomic E-state index is 0.0461. The van der Waals surface area contributed by atoms with Gasteiger partial charge in [0.15, 0.2) is 0 Å². The second kappa shape index (κ2) is 7.09. The van der Waals surface area contributed by atoms with E-state index in [9.17, 15) is 9.59 Å². The van der Waals surface area contributed by atoms with Crippen LogP contribution in [0.2, 0.25) is 5.02 Å². The Kier molecular flexibility index (Phi) is 5.18. The van der Waals surface area contributed by atoms with Crippen LogP contribution in [-0.2, 0) is 9.59 Å². The molecule has 2 aromatic rings. The molecule has 0 spiro atoms. The Balaban J connectivity index is 1.92. The van der Waals surface area contributed by atoms with Crippen LogP contribution >= 0.6 is 23.4 Å². The number of nitrogens with one attached hydrogen (secondary N) is 1. The number of rotatable bonds is 6. The third kappa shape index (κ3) is 4.76. The van der Waals surface area contributed by atoms with Gasteiger partial charge in [-0.15, -0.1) is 10.2 Å². The van der Waals surface area contributed by atoms with Crippen molar-refractivity contribution in [1.29, 1.82) is 0 Å². The van der Waals surface area contributed by atoms with E-state index in [1.165, 1.54) is 0 Å². The van der Waals surface area contributed by atoms with Crippen molar-refractivity contribution < 1.29 is 14.0 Å². The minimum Gasteiger partial charge on any atom is -0.411 e. The quantitative estimate of drug-likeness (QED) is 0.768. The number of hydrogen-bond donors (Lipinski definition) is 2. The molecule has 1 aromatic carbocycles. The van der Waals surface area contributed by atoms with Gasteiger partial charge in [0.1, 0.15) is 0 Å². The fourth-order valence-electron chi connectivity index (χ4n) is 1.37. The molecular formula is C12H11ClN4O3S. The van der Waals surface area contributed by atoms with Crippen molar-refractivity contribution in [2.75, 3.05) is 12.3 Å². The lowest BCUT2D eigenvalue weighted by Gasteiger charge is -1.99. The highest BCUT2D eigenvalue weighted by molar-refractivity contribution is 7.99. The smallest absolute Gasteiger partial charge is 0.277 e. The van der Waals surface area contributed by atoms with E-state index in [4.69, 9.17) is 21.8 Å². The number of benzene rings is 1. The standard InChI is InChI=1S/C12H11ClN4O3S/c13-8-3-1-2-7(4-8)11-16-17-12(20-11)21-6-10(19)15-5-9(14)18/h1-4H,5-6H2,(H2,14,18)(H,15,19). The highest BCUT2D eigenvalue weighted by Gasteiger charge is 2.11. The van der Waals surface area contributed by atoms with Gasteiger partial charge in [0, 0.05) is 10.6 Å². The van der Waals surface area contributed by atoms with Gasteiger partial charge < -0.3 is 15.5 Å². The van der Waals surface area contributed by atoms with Crippen LogP contribution in [0.5, 0.6) is 0 Å². The van der Waals surface area contributed by atoms with Gasteiger partial charge in [-0.1, -0.05) is 29.4 Å². The largest absolute Gasteiger partial charge is 0.411 e. The van der Waals surface area contributed by atoms with E-state index in [1.807, 2.05) is 0 Å². The Morgan fingerprint density at radius 1 is 1.38 bits per heavy atom. The summed E-state index contributed by atoms with van der Waals surface area (Å²) < 4.78 is 5.41. The molecule has 0 unspecified atom stereocenters. The third-order valence-corrected chi connectivity index (χ3v) is 3.32. The zero-order valence-electron chi connectivity index (χ0n) is 10.7. The average molecular weight is 327 g/mol. The first-order valence-electron chi connectivity index (χ1n) is 5.82. The summed E-state index contributed by atoms with van der Waals surface area (Å²) in [7, 11) is 0. The van der Waals surface area contributed by atoms with Crippen LogP contribution in [0.3, 0.4) is 0 Å². The molecule has 0 atom stereocenters. The third-order valence-electron chi connectivity index (χ3n) is 2.26. The molecule has 110 valence electrons. The zero-order valence-corrected chi connectivity index (χ0v) is 12.3. The van der Waals surface area contributed by atoms with Gasteiger partial charge in [0.05, 0.1) is 12.3 Å². The first-order valence-corrected chi connectivity index (χ1v) is 7.18. The first kappa shape index (κ1) is 15.3. The summed E-state index contributed by atoms with van der Waals surface area (Å²) in [6.45, 7) is -0.197. The number of halogens is 1. The van der Waals surface area contributed by atoms with Crippen LogP contribution in [0.15, 0.2) is 33.9 Å². The van der Waals surface area contributed by atoms with Crippen molar-refractivity contribution in [1.82, 2.24) is 15.5 Å². The Hall–Kier alpha value is -2.06. The van der Waals surface area contributed by atoms with Gasteiger partial charge in [-0.2, -0.15) is 0 Å². The van der Waals surface area contributed by atoms with Crippen LogP contribution in [0.25, 0.3) is 11.5 Å². The molecule has 21 heavy (non-hydrogen) atoms. The Labute approximate surface area is 129 Å². The second-order valence-electron chi connectivity index (χ2n) is 3.92. The number of nitrogens with zero attached hydrogens (tertiary/aromatic N) is 2. The number of aromatic nitrogens is 2. The SMILES string of the molecule is NC(=O)CNC(=O)CSc1nnc(-c2cccc(Cl)c2)o1. The molecule has 9 heteroatoms. The molecule has 2 rings (SSSR count). The summed E-state index contributed by atoms with van der Waals surface area (Å²) in [5, 5.41) is 10.9. The van der Waals surface area contributed by atoms with E-state index in [2.05, 4.69) is 15.5 Å². The topological polar surface area (TPSA) is 111 Å². The molecule has 0 saturated carbocycles. The van der Waals surface area contributed by atoms with Crippen molar-refractivity contribution in [2.45, 2.75) is 5.22 Å². The summed E-state index contributed by atoms with van der Waals surface area (Å²) >= 11 is 6.94. The molecule has 3 N–H and O–H groups in total. The summed E-state index contributed by atoms with van der Waals surface area (Å²) in [6.07, 6.45) is 0. The Morgan fingerprint density at radius 3 is 2.90 bits per heavy atom. The maximum absolute atomic E-state index is 11.4. The van der Waals surface area contributed by atoms with Gasteiger partial charge in [0.25, 0.3) is 5.22 Å². The molecule has 0 aliphatic heterocycles. The van der Waals surface area contributed by atoms with E-state index < -0.39 is 5.91 Å². The second-order valence-corrected chi connectivity index (χ2v) is 5.28. The van der Waals surface area contributed by atoms with Crippen molar-refractivity contribution in [3.8, 4) is 11.5 Å². The molecule has 1 heterocycles. The zero-order chi connectivity index (χ0) is 15.2. The highest BCUT2D eigenvalue weighted by atomic mass is 35.5. The highest BCUT2D eigenvalue weighted by Crippen LogP contribution is 2.24. The van der Waals surface area contributed by atoms with Crippen LogP contribution in [-0.4, -0.2) is 34.3 Å². The molecule has 0 saturated heterocycles. The van der Waals surface area contributed by atoms with E-state index in [0.717, 1.165) is 11.8 Å². The van der Waals surface area contributed by atoms with Crippen molar-refractivity contribution >= 4 is 35.2 Å². The normalized spacial score (nSPS) is 10.3. The van der Waals surface area contributed by atoms with E-state index in [1.54, 1.807) is 24.3 Å². The lowest BCUT2D eigenvalue weighted by Crippen LogP contribution is -2.34. The van der Waals surface area contributed by atoms with Gasteiger partial charge in [0.2, 0.25) is 17.7 Å². The van der Waals surface area contributed by atoms with E-state index >= 15 is 0 Å². The molecular weight excluding hydrogens is 316 g/mol. The minimum atomic E-state index is -0.602. The van der Waals surface area contributed by atoms with Crippen LogP contribution in [0.4, 0.5) is 0 Å². The van der Waals surface area contributed by atoms with E-state index in [0.29, 0.717) is 16.5 Å². The fourth-order valence-corrected chi connectivity index (χ4v) is 2.15. The number of amides is 2. The average Bonchev–Trinajstić information content (AvgIpc) is 2.92. The van der Waals surface area contributed by atoms with Crippen LogP contribution in [0.1, 0.15) is 0 Å². The molecule has 7 nitrogen and oxygen atoms in total. The predicted octanol–water partition coefficient (Wildman–Crippen LogP) is 1.08. The van der Waals surface area contributed by atoms with Crippen LogP contribution in [0, 0.1) is 0 Å². The molecule has 0 radical (unpaired) electrons. The monoisotopic (exact) mass is 326 g/mol. The van der Waals surface area contributed by atoms with Crippen molar-refractivity contribution in [3.05, 3.63) is 29.3 Å². The van der Waals surface area contributed by atoms with Gasteiger partial charge in [-0.3, -0.25) is 9.59 Å². The number of thioether (sulfide) groups is 1. The maximum atomic E-state index is 11.4. The van der Waals surface area contributed by atoms with Gasteiger partial charge in [-0.25, -0.2) is 0 Å². The van der Waals surface area contributed by atoms with Crippen LogP contribution < -0.4 is 11.1 Å². The van der Waals surface area contributed by atoms with Gasteiger partial charge >= 0.3 is 0 Å². The number of nitrogens with two attached hydrogens (primary N) is 1. The lowest BCUT2D eigenvalue weighted by molar-refractivity contribution is -0.123. The first-order chi connectivity index (χ1) is 10.0. The lowest BCUT2D eigenvalue weighted by atomic mass is 10.2. The fraction of sp³-hybridized carbons (Fsp3) is 0.167. The predicted molar refractivity (Wildman–Crippen MR) is 77.7 cm³/mol. The Morgan fingerprint density at radius 2 is 2.19 bits per heavy atom.